The molecule has 6 nitrogen and oxygen atoms in total. The van der Waals surface area contributed by atoms with Crippen molar-refractivity contribution in [2.24, 2.45) is 0 Å². The summed E-state index contributed by atoms with van der Waals surface area (Å²) in [6.07, 6.45) is 0. The van der Waals surface area contributed by atoms with E-state index in [1.165, 1.54) is 0 Å². The first-order valence-corrected chi connectivity index (χ1v) is 9.02. The summed E-state index contributed by atoms with van der Waals surface area (Å²) in [4.78, 5) is 4.68. The molecule has 2 heterocycles. The summed E-state index contributed by atoms with van der Waals surface area (Å²) >= 11 is 5.01. The quantitative estimate of drug-likeness (QED) is 0.629. The van der Waals surface area contributed by atoms with Gasteiger partial charge in [-0.1, -0.05) is 19.9 Å². The number of hydrogen-bond donors (Lipinski definition) is 0. The molecule has 3 rings (SSSR count). The maximum atomic E-state index is 5.51. The van der Waals surface area contributed by atoms with Gasteiger partial charge >= 0.3 is 0 Å². The molecule has 2 aromatic heterocycles. The number of ether oxygens (including phenoxy) is 2. The molecular weight excluding hydrogens is 392 g/mol. The molecule has 0 unspecified atom stereocenters. The molecule has 0 atom stereocenters. The summed E-state index contributed by atoms with van der Waals surface area (Å²) in [5, 5.41) is 11.3. The number of benzene rings is 1. The Balaban J connectivity index is 2.22. The Morgan fingerprint density at radius 2 is 1.79 bits per heavy atom. The van der Waals surface area contributed by atoms with E-state index in [1.54, 1.807) is 25.6 Å². The molecule has 8 heteroatoms. The summed E-state index contributed by atoms with van der Waals surface area (Å²) in [5.41, 5.74) is 1.77. The van der Waals surface area contributed by atoms with Crippen LogP contribution in [0.25, 0.3) is 16.5 Å². The van der Waals surface area contributed by atoms with Gasteiger partial charge in [-0.25, -0.2) is 4.98 Å². The van der Waals surface area contributed by atoms with Crippen molar-refractivity contribution >= 4 is 27.3 Å². The van der Waals surface area contributed by atoms with Crippen molar-refractivity contribution in [3.8, 4) is 28.0 Å². The molecule has 0 saturated heterocycles. The lowest BCUT2D eigenvalue weighted by Gasteiger charge is -2.15. The number of aromatic nitrogens is 4. The minimum absolute atomic E-state index is 0.357. The maximum absolute atomic E-state index is 5.51. The smallest absolute Gasteiger partial charge is 0.205 e. The number of thiazole rings is 1. The van der Waals surface area contributed by atoms with Gasteiger partial charge in [0.2, 0.25) is 4.73 Å². The molecule has 1 aromatic carbocycles. The lowest BCUT2D eigenvalue weighted by Crippen LogP contribution is -2.04. The Morgan fingerprint density at radius 1 is 1.12 bits per heavy atom. The van der Waals surface area contributed by atoms with Crippen LogP contribution < -0.4 is 9.47 Å². The van der Waals surface area contributed by atoms with E-state index in [-0.39, 0.29) is 0 Å². The van der Waals surface area contributed by atoms with E-state index in [0.717, 1.165) is 16.4 Å². The van der Waals surface area contributed by atoms with Crippen LogP contribution in [0.2, 0.25) is 0 Å². The van der Waals surface area contributed by atoms with E-state index in [9.17, 15) is 0 Å². The molecule has 0 saturated carbocycles. The zero-order valence-electron chi connectivity index (χ0n) is 13.8. The molecule has 0 aliphatic rings. The molecule has 3 aromatic rings. The molecule has 0 bridgehead atoms. The van der Waals surface area contributed by atoms with Crippen LogP contribution >= 0.6 is 27.3 Å². The highest BCUT2D eigenvalue weighted by Gasteiger charge is 2.23. The van der Waals surface area contributed by atoms with Crippen molar-refractivity contribution in [3.05, 3.63) is 34.0 Å². The minimum Gasteiger partial charge on any atom is -0.494 e. The largest absolute Gasteiger partial charge is 0.494 e. The molecule has 0 N–H and O–H groups in total. The Labute approximate surface area is 152 Å². The third-order valence-corrected chi connectivity index (χ3v) is 4.92. The van der Waals surface area contributed by atoms with Gasteiger partial charge in [-0.15, -0.1) is 21.5 Å². The number of methoxy groups -OCH3 is 2. The van der Waals surface area contributed by atoms with Crippen LogP contribution in [0.4, 0.5) is 0 Å². The van der Waals surface area contributed by atoms with E-state index < -0.39 is 0 Å². The Kier molecular flexibility index (Phi) is 4.86. The Hall–Kier alpha value is -1.93. The molecule has 24 heavy (non-hydrogen) atoms. The zero-order chi connectivity index (χ0) is 17.3. The fourth-order valence-corrected chi connectivity index (χ4v) is 3.69. The lowest BCUT2D eigenvalue weighted by molar-refractivity contribution is 0.391. The predicted molar refractivity (Wildman–Crippen MR) is 97.4 cm³/mol. The monoisotopic (exact) mass is 408 g/mol. The van der Waals surface area contributed by atoms with E-state index >= 15 is 0 Å². The van der Waals surface area contributed by atoms with Gasteiger partial charge in [0.15, 0.2) is 10.8 Å². The third-order valence-electron chi connectivity index (χ3n) is 3.55. The van der Waals surface area contributed by atoms with Gasteiger partial charge < -0.3 is 9.47 Å². The van der Waals surface area contributed by atoms with Crippen LogP contribution in [0.15, 0.2) is 28.3 Å². The molecule has 0 aliphatic heterocycles. The van der Waals surface area contributed by atoms with Crippen LogP contribution in [0.1, 0.15) is 25.5 Å². The van der Waals surface area contributed by atoms with Gasteiger partial charge in [0.25, 0.3) is 0 Å². The fourth-order valence-electron chi connectivity index (χ4n) is 2.31. The second-order valence-electron chi connectivity index (χ2n) is 5.37. The van der Waals surface area contributed by atoms with Crippen molar-refractivity contribution in [1.82, 2.24) is 19.7 Å². The topological polar surface area (TPSA) is 62.1 Å². The maximum Gasteiger partial charge on any atom is 0.205 e. The molecule has 0 aliphatic carbocycles. The number of para-hydroxylation sites is 1. The van der Waals surface area contributed by atoms with Crippen molar-refractivity contribution in [2.75, 3.05) is 14.2 Å². The molecule has 0 radical (unpaired) electrons. The second kappa shape index (κ2) is 6.90. The SMILES string of the molecule is COc1cccc(OC)c1-n1c(Br)nnc1-c1nc(C(C)C)cs1. The van der Waals surface area contributed by atoms with Gasteiger partial charge in [-0.3, -0.25) is 4.57 Å². The van der Waals surface area contributed by atoms with E-state index in [0.29, 0.717) is 28.0 Å². The van der Waals surface area contributed by atoms with Crippen LogP contribution in [-0.2, 0) is 0 Å². The highest BCUT2D eigenvalue weighted by molar-refractivity contribution is 9.10. The number of halogens is 1. The summed E-state index contributed by atoms with van der Waals surface area (Å²) in [6, 6.07) is 5.62. The Morgan fingerprint density at radius 3 is 2.33 bits per heavy atom. The zero-order valence-corrected chi connectivity index (χ0v) is 16.2. The average Bonchev–Trinajstić information content (AvgIpc) is 3.20. The third kappa shape index (κ3) is 2.91. The number of nitrogens with zero attached hydrogens (tertiary/aromatic N) is 4. The fraction of sp³-hybridized carbons (Fsp3) is 0.312. The normalized spacial score (nSPS) is 11.1. The first-order valence-electron chi connectivity index (χ1n) is 7.34. The first-order chi connectivity index (χ1) is 11.6. The standard InChI is InChI=1S/C16H17BrN4O2S/c1-9(2)10-8-24-15(18-10)14-19-20-16(17)21(14)13-11(22-3)6-5-7-12(13)23-4/h5-9H,1-4H3. The molecule has 0 fully saturated rings. The summed E-state index contributed by atoms with van der Waals surface area (Å²) in [5.74, 6) is 2.32. The van der Waals surface area contributed by atoms with E-state index in [1.807, 2.05) is 28.1 Å². The molecule has 0 amide bonds. The van der Waals surface area contributed by atoms with Crippen molar-refractivity contribution in [2.45, 2.75) is 19.8 Å². The van der Waals surface area contributed by atoms with Gasteiger partial charge in [0.05, 0.1) is 19.9 Å². The summed E-state index contributed by atoms with van der Waals surface area (Å²) < 4.78 is 13.4. The molecular formula is C16H17BrN4O2S. The van der Waals surface area contributed by atoms with Crippen molar-refractivity contribution < 1.29 is 9.47 Å². The predicted octanol–water partition coefficient (Wildman–Crippen LogP) is 4.29. The van der Waals surface area contributed by atoms with Crippen molar-refractivity contribution in [1.29, 1.82) is 0 Å². The van der Waals surface area contributed by atoms with Gasteiger partial charge in [0, 0.05) is 5.38 Å². The summed E-state index contributed by atoms with van der Waals surface area (Å²) in [7, 11) is 3.24. The highest BCUT2D eigenvalue weighted by Crippen LogP contribution is 2.38. The van der Waals surface area contributed by atoms with Crippen LogP contribution in [0.5, 0.6) is 11.5 Å². The number of hydrogen-bond acceptors (Lipinski definition) is 6. The van der Waals surface area contributed by atoms with E-state index in [4.69, 9.17) is 9.47 Å². The minimum atomic E-state index is 0.357. The summed E-state index contributed by atoms with van der Waals surface area (Å²) in [6.45, 7) is 4.23. The lowest BCUT2D eigenvalue weighted by atomic mass is 10.2. The van der Waals surface area contributed by atoms with Gasteiger partial charge in [-0.2, -0.15) is 0 Å². The van der Waals surface area contributed by atoms with Gasteiger partial charge in [0.1, 0.15) is 17.2 Å². The van der Waals surface area contributed by atoms with Crippen LogP contribution in [0.3, 0.4) is 0 Å². The van der Waals surface area contributed by atoms with Crippen LogP contribution in [-0.4, -0.2) is 34.0 Å². The average molecular weight is 409 g/mol. The number of rotatable bonds is 5. The van der Waals surface area contributed by atoms with Gasteiger partial charge in [-0.05, 0) is 34.0 Å². The van der Waals surface area contributed by atoms with E-state index in [2.05, 4.69) is 45.0 Å². The second-order valence-corrected chi connectivity index (χ2v) is 6.94. The Bertz CT molecular complexity index is 837. The first kappa shape index (κ1) is 16.9. The van der Waals surface area contributed by atoms with Crippen molar-refractivity contribution in [3.63, 3.8) is 0 Å². The highest BCUT2D eigenvalue weighted by atomic mass is 79.9. The van der Waals surface area contributed by atoms with Crippen LogP contribution in [0, 0.1) is 0 Å². The molecule has 126 valence electrons. The molecule has 0 spiro atoms.